The first-order valence-electron chi connectivity index (χ1n) is 18.3. The molecule has 280 valence electrons. The third-order valence-electron chi connectivity index (χ3n) is 12.5. The maximum atomic E-state index is 14.8. The summed E-state index contributed by atoms with van der Waals surface area (Å²) in [6.07, 6.45) is 0.482. The fourth-order valence-corrected chi connectivity index (χ4v) is 9.78. The number of amides is 2. The van der Waals surface area contributed by atoms with E-state index in [9.17, 15) is 27.2 Å². The number of benzene rings is 1. The second-order valence-electron chi connectivity index (χ2n) is 15.9. The zero-order valence-electron chi connectivity index (χ0n) is 28.9. The smallest absolute Gasteiger partial charge is 0.381 e. The minimum Gasteiger partial charge on any atom is -0.381 e. The van der Waals surface area contributed by atoms with Gasteiger partial charge in [0.1, 0.15) is 11.2 Å². The summed E-state index contributed by atoms with van der Waals surface area (Å²) in [5, 5.41) is 3.23. The first-order chi connectivity index (χ1) is 24.4. The van der Waals surface area contributed by atoms with Crippen molar-refractivity contribution in [1.29, 1.82) is 0 Å². The highest BCUT2D eigenvalue weighted by Gasteiger charge is 2.71. The van der Waals surface area contributed by atoms with Gasteiger partial charge in [0.2, 0.25) is 11.8 Å². The van der Waals surface area contributed by atoms with Gasteiger partial charge in [0.15, 0.2) is 0 Å². The predicted molar refractivity (Wildman–Crippen MR) is 180 cm³/mol. The number of halogens is 4. The zero-order chi connectivity index (χ0) is 35.6. The molecule has 1 N–H and O–H groups in total. The van der Waals surface area contributed by atoms with Gasteiger partial charge in [0, 0.05) is 56.3 Å². The van der Waals surface area contributed by atoms with Gasteiger partial charge < -0.3 is 34.1 Å². The van der Waals surface area contributed by atoms with Gasteiger partial charge in [-0.2, -0.15) is 13.2 Å². The molecular formula is C36H46F4N4O6S. The van der Waals surface area contributed by atoms with Crippen LogP contribution in [0, 0.1) is 28.0 Å². The molecule has 10 nitrogen and oxygen atoms in total. The Morgan fingerprint density at radius 2 is 1.84 bits per heavy atom. The molecule has 7 fully saturated rings. The SMILES string of the molecule is C[C@@H](OCC12CCC(CC1)OC2)[C@@H](COC1CCOCC1)NC(=O)[C@H]1CN(c2cc(F)cc3ncsc23)CC12CN(C(=O)C1(C(F)(F)F)CC1)C2. The fourth-order valence-electron chi connectivity index (χ4n) is 8.97. The molecule has 3 atom stereocenters. The van der Waals surface area contributed by atoms with E-state index in [0.29, 0.717) is 43.7 Å². The summed E-state index contributed by atoms with van der Waals surface area (Å²) in [6.45, 7) is 5.05. The predicted octanol–water partition coefficient (Wildman–Crippen LogP) is 5.09. The van der Waals surface area contributed by atoms with Crippen LogP contribution in [0.1, 0.15) is 58.3 Å². The number of hydrogen-bond donors (Lipinski definition) is 1. The van der Waals surface area contributed by atoms with Crippen molar-refractivity contribution in [2.45, 2.75) is 88.8 Å². The molecule has 15 heteroatoms. The second kappa shape index (κ2) is 13.4. The number of aromatic nitrogens is 1. The van der Waals surface area contributed by atoms with Crippen LogP contribution < -0.4 is 10.2 Å². The van der Waals surface area contributed by atoms with E-state index in [0.717, 1.165) is 43.2 Å². The number of ether oxygens (including phenoxy) is 4. The normalized spacial score (nSPS) is 29.7. The van der Waals surface area contributed by atoms with Crippen LogP contribution in [0.3, 0.4) is 0 Å². The summed E-state index contributed by atoms with van der Waals surface area (Å²) in [5.41, 5.74) is -0.480. The molecule has 51 heavy (non-hydrogen) atoms. The lowest BCUT2D eigenvalue weighted by Gasteiger charge is -2.51. The number of likely N-dealkylation sites (tertiary alicyclic amines) is 1. The third-order valence-corrected chi connectivity index (χ3v) is 13.4. The summed E-state index contributed by atoms with van der Waals surface area (Å²) in [6, 6.07) is 2.27. The average molecular weight is 739 g/mol. The molecule has 2 bridgehead atoms. The van der Waals surface area contributed by atoms with E-state index >= 15 is 0 Å². The van der Waals surface area contributed by atoms with Crippen LogP contribution >= 0.6 is 11.3 Å². The van der Waals surface area contributed by atoms with Crippen molar-refractivity contribution in [3.8, 4) is 0 Å². The third kappa shape index (κ3) is 6.63. The molecule has 1 aromatic carbocycles. The van der Waals surface area contributed by atoms with Gasteiger partial charge in [-0.15, -0.1) is 11.3 Å². The quantitative estimate of drug-likeness (QED) is 0.319. The number of nitrogens with zero attached hydrogens (tertiary/aromatic N) is 3. The van der Waals surface area contributed by atoms with Gasteiger partial charge >= 0.3 is 6.18 Å². The molecule has 9 rings (SSSR count). The van der Waals surface area contributed by atoms with Crippen LogP contribution in [0.2, 0.25) is 0 Å². The Labute approximate surface area is 298 Å². The van der Waals surface area contributed by atoms with Crippen molar-refractivity contribution in [3.63, 3.8) is 0 Å². The molecule has 5 saturated heterocycles. The Morgan fingerprint density at radius 1 is 1.10 bits per heavy atom. The monoisotopic (exact) mass is 738 g/mol. The number of carbonyl (C=O) groups is 2. The maximum absolute atomic E-state index is 14.8. The number of thiazole rings is 1. The van der Waals surface area contributed by atoms with E-state index in [1.54, 1.807) is 5.51 Å². The molecule has 2 amide bonds. The highest BCUT2D eigenvalue weighted by Crippen LogP contribution is 2.60. The van der Waals surface area contributed by atoms with Crippen LogP contribution in [0.15, 0.2) is 17.6 Å². The maximum Gasteiger partial charge on any atom is 0.403 e. The van der Waals surface area contributed by atoms with E-state index in [2.05, 4.69) is 10.3 Å². The lowest BCUT2D eigenvalue weighted by molar-refractivity contribution is -0.205. The largest absolute Gasteiger partial charge is 0.403 e. The van der Waals surface area contributed by atoms with Gasteiger partial charge in [0.05, 0.1) is 71.5 Å². The average Bonchev–Trinajstić information content (AvgIpc) is 3.65. The van der Waals surface area contributed by atoms with Crippen LogP contribution in [-0.2, 0) is 28.5 Å². The molecule has 2 saturated carbocycles. The lowest BCUT2D eigenvalue weighted by atomic mass is 9.70. The van der Waals surface area contributed by atoms with Crippen LogP contribution in [-0.4, -0.2) is 111 Å². The number of hydrogen-bond acceptors (Lipinski definition) is 9. The van der Waals surface area contributed by atoms with Crippen LogP contribution in [0.5, 0.6) is 0 Å². The molecule has 7 aliphatic rings. The number of fused-ring (bicyclic) bond motifs is 4. The van der Waals surface area contributed by atoms with Crippen molar-refractivity contribution < 1.29 is 46.1 Å². The van der Waals surface area contributed by atoms with Crippen molar-refractivity contribution in [1.82, 2.24) is 15.2 Å². The first kappa shape index (κ1) is 35.4. The van der Waals surface area contributed by atoms with Crippen molar-refractivity contribution in [2.24, 2.45) is 22.2 Å². The lowest BCUT2D eigenvalue weighted by Crippen LogP contribution is -2.66. The van der Waals surface area contributed by atoms with Gasteiger partial charge in [-0.1, -0.05) is 0 Å². The van der Waals surface area contributed by atoms with Gasteiger partial charge in [-0.25, -0.2) is 9.37 Å². The van der Waals surface area contributed by atoms with E-state index in [4.69, 9.17) is 18.9 Å². The summed E-state index contributed by atoms with van der Waals surface area (Å²) in [4.78, 5) is 35.2. The van der Waals surface area contributed by atoms with Gasteiger partial charge in [-0.05, 0) is 64.4 Å². The van der Waals surface area contributed by atoms with Crippen LogP contribution in [0.25, 0.3) is 10.2 Å². The van der Waals surface area contributed by atoms with E-state index in [1.807, 2.05) is 11.8 Å². The Morgan fingerprint density at radius 3 is 2.51 bits per heavy atom. The highest BCUT2D eigenvalue weighted by atomic mass is 32.1. The minimum atomic E-state index is -4.62. The molecular weight excluding hydrogens is 692 g/mol. The molecule has 0 unspecified atom stereocenters. The standard InChI is InChI=1S/C36H46F4N4O6S/c1-22(49-19-33-6-2-24(3-7-33)50-20-33)28(15-48-25-4-10-47-11-5-25)42-31(45)26-14-43(29-13-23(37)12-27-30(29)51-21-41-27)16-34(26)17-44(18-34)32(46)35(8-9-35)36(38,39)40/h12-13,21-22,24-26,28H,2-11,14-20H2,1H3,(H,42,45)/t22-,24?,26-,28-,33?/m1/s1. The minimum absolute atomic E-state index is 0.0105. The number of carbonyl (C=O) groups excluding carboxylic acids is 2. The number of anilines is 1. The summed E-state index contributed by atoms with van der Waals surface area (Å²) in [7, 11) is 0. The highest BCUT2D eigenvalue weighted by molar-refractivity contribution is 7.17. The Kier molecular flexibility index (Phi) is 9.29. The molecule has 2 aromatic rings. The fraction of sp³-hybridized carbons (Fsp3) is 0.750. The molecule has 2 aliphatic carbocycles. The van der Waals surface area contributed by atoms with Gasteiger partial charge in [-0.3, -0.25) is 9.59 Å². The Balaban J connectivity index is 1.02. The van der Waals surface area contributed by atoms with Crippen molar-refractivity contribution in [2.75, 3.05) is 64.1 Å². The number of alkyl halides is 3. The van der Waals surface area contributed by atoms with Crippen LogP contribution in [0.4, 0.5) is 23.2 Å². The second-order valence-corrected chi connectivity index (χ2v) is 16.8. The van der Waals surface area contributed by atoms with E-state index < -0.39 is 46.8 Å². The van der Waals surface area contributed by atoms with E-state index in [-0.39, 0.29) is 63.1 Å². The molecule has 1 spiro atoms. The Hall–Kier alpha value is -2.59. The molecule has 0 radical (unpaired) electrons. The first-order valence-corrected chi connectivity index (χ1v) is 19.1. The number of nitrogens with one attached hydrogen (secondary N) is 1. The van der Waals surface area contributed by atoms with Crippen molar-refractivity contribution >= 4 is 39.1 Å². The molecule has 1 aromatic heterocycles. The molecule has 6 heterocycles. The Bertz CT molecular complexity index is 1600. The van der Waals surface area contributed by atoms with Gasteiger partial charge in [0.25, 0.3) is 0 Å². The summed E-state index contributed by atoms with van der Waals surface area (Å²) in [5.74, 6) is -2.36. The summed E-state index contributed by atoms with van der Waals surface area (Å²) >= 11 is 1.36. The van der Waals surface area contributed by atoms with E-state index in [1.165, 1.54) is 28.4 Å². The zero-order valence-corrected chi connectivity index (χ0v) is 29.7. The number of rotatable bonds is 11. The van der Waals surface area contributed by atoms with Crippen molar-refractivity contribution in [3.05, 3.63) is 23.5 Å². The summed E-state index contributed by atoms with van der Waals surface area (Å²) < 4.78 is 81.7. The molecule has 5 aliphatic heterocycles. The topological polar surface area (TPSA) is 102 Å².